The van der Waals surface area contributed by atoms with E-state index in [4.69, 9.17) is 0 Å². The van der Waals surface area contributed by atoms with Gasteiger partial charge in [-0.1, -0.05) is 0 Å². The Balaban J connectivity index is 2.49. The zero-order valence-corrected chi connectivity index (χ0v) is 10.5. The lowest BCUT2D eigenvalue weighted by molar-refractivity contribution is -0.599. The molecule has 0 atom stereocenters. The van der Waals surface area contributed by atoms with Gasteiger partial charge < -0.3 is 4.90 Å². The van der Waals surface area contributed by atoms with E-state index in [2.05, 4.69) is 4.98 Å². The van der Waals surface area contributed by atoms with Gasteiger partial charge in [-0.05, 0) is 0 Å². The molecule has 0 fully saturated rings. The summed E-state index contributed by atoms with van der Waals surface area (Å²) >= 11 is 0. The summed E-state index contributed by atoms with van der Waals surface area (Å²) in [5, 5.41) is 0. The maximum absolute atomic E-state index is 11.5. The third-order valence-corrected chi connectivity index (χ3v) is 2.74. The van der Waals surface area contributed by atoms with Crippen LogP contribution in [0.2, 0.25) is 0 Å². The number of H-pyrrole nitrogens is 1. The number of aromatic nitrogens is 3. The van der Waals surface area contributed by atoms with Crippen LogP contribution in [0.25, 0.3) is 5.82 Å². The van der Waals surface area contributed by atoms with Gasteiger partial charge in [0.1, 0.15) is 0 Å². The number of pyridine rings is 1. The zero-order valence-electron chi connectivity index (χ0n) is 10.5. The Kier molecular flexibility index (Phi) is 3.01. The Morgan fingerprint density at radius 3 is 2.33 bits per heavy atom. The maximum Gasteiger partial charge on any atom is 0.415 e. The van der Waals surface area contributed by atoms with Crippen LogP contribution in [0.15, 0.2) is 40.2 Å². The van der Waals surface area contributed by atoms with Crippen LogP contribution >= 0.6 is 0 Å². The molecule has 0 radical (unpaired) electrons. The molecular weight excluding hydrogens is 232 g/mol. The van der Waals surface area contributed by atoms with Gasteiger partial charge in [0.15, 0.2) is 0 Å². The van der Waals surface area contributed by atoms with Crippen molar-refractivity contribution in [2.75, 3.05) is 19.0 Å². The van der Waals surface area contributed by atoms with Crippen molar-refractivity contribution in [1.82, 2.24) is 9.55 Å². The highest BCUT2D eigenvalue weighted by atomic mass is 16.2. The van der Waals surface area contributed by atoms with Gasteiger partial charge in [-0.25, -0.2) is 13.9 Å². The van der Waals surface area contributed by atoms with E-state index in [1.807, 2.05) is 31.1 Å². The first kappa shape index (κ1) is 12.1. The fraction of sp³-hybridized carbons (Fsp3) is 0.250. The highest BCUT2D eigenvalue weighted by Crippen LogP contribution is 2.06. The average molecular weight is 247 g/mol. The van der Waals surface area contributed by atoms with Gasteiger partial charge in [-0.15, -0.1) is 0 Å². The molecule has 6 heteroatoms. The van der Waals surface area contributed by atoms with Crippen LogP contribution in [0, 0.1) is 0 Å². The second-order valence-electron chi connectivity index (χ2n) is 4.22. The number of hydrogen-bond donors (Lipinski definition) is 1. The van der Waals surface area contributed by atoms with Crippen molar-refractivity contribution >= 4 is 5.69 Å². The van der Waals surface area contributed by atoms with Gasteiger partial charge in [0.05, 0.1) is 18.5 Å². The van der Waals surface area contributed by atoms with Crippen molar-refractivity contribution in [3.8, 4) is 5.82 Å². The fourth-order valence-corrected chi connectivity index (χ4v) is 1.56. The van der Waals surface area contributed by atoms with E-state index in [0.717, 1.165) is 10.3 Å². The van der Waals surface area contributed by atoms with Crippen molar-refractivity contribution in [2.24, 2.45) is 7.05 Å². The van der Waals surface area contributed by atoms with Crippen LogP contribution in [0.3, 0.4) is 0 Å². The van der Waals surface area contributed by atoms with E-state index in [1.54, 1.807) is 17.0 Å². The normalized spacial score (nSPS) is 10.4. The highest BCUT2D eigenvalue weighted by molar-refractivity contribution is 5.41. The molecule has 6 nitrogen and oxygen atoms in total. The second kappa shape index (κ2) is 4.48. The van der Waals surface area contributed by atoms with Gasteiger partial charge in [-0.3, -0.25) is 4.79 Å². The van der Waals surface area contributed by atoms with Crippen molar-refractivity contribution in [3.05, 3.63) is 51.4 Å². The predicted molar refractivity (Wildman–Crippen MR) is 68.2 cm³/mol. The Morgan fingerprint density at radius 1 is 1.22 bits per heavy atom. The first-order chi connectivity index (χ1) is 8.49. The molecule has 0 aliphatic heterocycles. The standard InChI is InChI=1S/C12H14N4O2/c1-14(2)9-4-6-16(7-5-9)10-8-11(17)15(3)12(18)13-10/h4-8H,1-3H3/p+1. The highest BCUT2D eigenvalue weighted by Gasteiger charge is 2.09. The molecule has 1 N–H and O–H groups in total. The molecule has 0 aliphatic rings. The van der Waals surface area contributed by atoms with E-state index in [9.17, 15) is 9.59 Å². The molecule has 2 rings (SSSR count). The van der Waals surface area contributed by atoms with Crippen LogP contribution in [0.1, 0.15) is 0 Å². The first-order valence-corrected chi connectivity index (χ1v) is 5.48. The largest absolute Gasteiger partial charge is 0.415 e. The topological polar surface area (TPSA) is 62.0 Å². The Bertz CT molecular complexity index is 636. The van der Waals surface area contributed by atoms with E-state index in [-0.39, 0.29) is 5.56 Å². The summed E-state index contributed by atoms with van der Waals surface area (Å²) < 4.78 is 2.72. The molecule has 94 valence electrons. The molecule has 2 aromatic rings. The molecule has 0 unspecified atom stereocenters. The van der Waals surface area contributed by atoms with Crippen LogP contribution in [-0.2, 0) is 7.05 Å². The number of nitrogens with zero attached hydrogens (tertiary/aromatic N) is 3. The number of anilines is 1. The molecule has 2 heterocycles. The summed E-state index contributed by atoms with van der Waals surface area (Å²) in [5.74, 6) is 0.452. The number of nitrogens with one attached hydrogen (secondary N) is 1. The molecule has 0 amide bonds. The monoisotopic (exact) mass is 247 g/mol. The smallest absolute Gasteiger partial charge is 0.377 e. The predicted octanol–water partition coefficient (Wildman–Crippen LogP) is -0.584. The minimum atomic E-state index is -0.429. The Morgan fingerprint density at radius 2 is 1.83 bits per heavy atom. The second-order valence-corrected chi connectivity index (χ2v) is 4.22. The molecule has 2 aromatic heterocycles. The van der Waals surface area contributed by atoms with E-state index < -0.39 is 5.69 Å². The van der Waals surface area contributed by atoms with Gasteiger partial charge in [-0.2, -0.15) is 4.98 Å². The lowest BCUT2D eigenvalue weighted by atomic mass is 10.4. The van der Waals surface area contributed by atoms with Gasteiger partial charge in [0.2, 0.25) is 0 Å². The lowest BCUT2D eigenvalue weighted by Crippen LogP contribution is -2.40. The van der Waals surface area contributed by atoms with Gasteiger partial charge in [0.25, 0.3) is 11.4 Å². The first-order valence-electron chi connectivity index (χ1n) is 5.48. The Labute approximate surface area is 104 Å². The summed E-state index contributed by atoms with van der Waals surface area (Å²) in [6.45, 7) is 0. The van der Waals surface area contributed by atoms with E-state index in [1.165, 1.54) is 13.1 Å². The summed E-state index contributed by atoms with van der Waals surface area (Å²) in [4.78, 5) is 27.6. The molecule has 18 heavy (non-hydrogen) atoms. The molecular formula is C12H15N4O2+. The summed E-state index contributed by atoms with van der Waals surface area (Å²) in [6, 6.07) is 5.18. The van der Waals surface area contributed by atoms with Crippen LogP contribution in [-0.4, -0.2) is 23.6 Å². The maximum atomic E-state index is 11.5. The third kappa shape index (κ3) is 2.17. The zero-order chi connectivity index (χ0) is 13.3. The molecule has 0 spiro atoms. The molecule has 0 aromatic carbocycles. The van der Waals surface area contributed by atoms with E-state index >= 15 is 0 Å². The molecule has 0 saturated carbocycles. The quantitative estimate of drug-likeness (QED) is 0.722. The lowest BCUT2D eigenvalue weighted by Gasteiger charge is -2.11. The van der Waals surface area contributed by atoms with Gasteiger partial charge in [0, 0.05) is 39.0 Å². The van der Waals surface area contributed by atoms with Crippen molar-refractivity contribution in [2.45, 2.75) is 0 Å². The minimum absolute atomic E-state index is 0.335. The number of aromatic amines is 1. The van der Waals surface area contributed by atoms with E-state index in [0.29, 0.717) is 5.82 Å². The molecule has 0 aliphatic carbocycles. The summed E-state index contributed by atoms with van der Waals surface area (Å²) in [5.41, 5.74) is 0.275. The number of rotatable bonds is 2. The fourth-order valence-electron chi connectivity index (χ4n) is 1.56. The van der Waals surface area contributed by atoms with Crippen LogP contribution in [0.4, 0.5) is 5.69 Å². The molecule has 0 bridgehead atoms. The molecule has 0 saturated heterocycles. The SMILES string of the molecule is CN(C)c1cc[n+](-c2cc(=O)n(C)c(=O)[nH]2)cc1. The minimum Gasteiger partial charge on any atom is -0.377 e. The summed E-state index contributed by atoms with van der Waals surface area (Å²) in [7, 11) is 5.32. The average Bonchev–Trinajstić information content (AvgIpc) is 2.35. The van der Waals surface area contributed by atoms with Crippen LogP contribution in [0.5, 0.6) is 0 Å². The number of hydrogen-bond acceptors (Lipinski definition) is 3. The van der Waals surface area contributed by atoms with Crippen LogP contribution < -0.4 is 20.7 Å². The summed E-state index contributed by atoms with van der Waals surface area (Å²) in [6.07, 6.45) is 3.58. The van der Waals surface area contributed by atoms with Crippen molar-refractivity contribution < 1.29 is 4.57 Å². The van der Waals surface area contributed by atoms with Crippen molar-refractivity contribution in [1.29, 1.82) is 0 Å². The third-order valence-electron chi connectivity index (χ3n) is 2.74. The van der Waals surface area contributed by atoms with Gasteiger partial charge >= 0.3 is 5.69 Å². The van der Waals surface area contributed by atoms with Crippen molar-refractivity contribution in [3.63, 3.8) is 0 Å². The Hall–Kier alpha value is -2.37.